The van der Waals surface area contributed by atoms with Crippen LogP contribution in [-0.4, -0.2) is 30.4 Å². The van der Waals surface area contributed by atoms with E-state index in [-0.39, 0.29) is 5.91 Å². The molecule has 1 aromatic carbocycles. The third kappa shape index (κ3) is 5.20. The van der Waals surface area contributed by atoms with Gasteiger partial charge in [0.05, 0.1) is 6.54 Å². The van der Waals surface area contributed by atoms with Crippen LogP contribution in [-0.2, 0) is 13.0 Å². The predicted molar refractivity (Wildman–Crippen MR) is 99.5 cm³/mol. The molecule has 4 heteroatoms. The van der Waals surface area contributed by atoms with E-state index in [2.05, 4.69) is 40.5 Å². The van der Waals surface area contributed by atoms with Crippen LogP contribution < -0.4 is 5.32 Å². The Morgan fingerprint density at radius 2 is 1.92 bits per heavy atom. The van der Waals surface area contributed by atoms with E-state index >= 15 is 0 Å². The van der Waals surface area contributed by atoms with Crippen LogP contribution >= 0.6 is 0 Å². The second-order valence-corrected chi connectivity index (χ2v) is 6.93. The van der Waals surface area contributed by atoms with Crippen molar-refractivity contribution in [2.75, 3.05) is 19.6 Å². The normalized spacial score (nSPS) is 16.0. The molecule has 0 saturated carbocycles. The molecule has 1 amide bonds. The first-order valence-electron chi connectivity index (χ1n) is 9.37. The predicted octanol–water partition coefficient (Wildman–Crippen LogP) is 3.87. The Labute approximate surface area is 150 Å². The third-order valence-electron chi connectivity index (χ3n) is 4.87. The molecule has 1 aromatic heterocycles. The second-order valence-electron chi connectivity index (χ2n) is 6.93. The SMILES string of the molecule is CCCNC(=O)c1ccc(CN2CCC(Cc3ccccc3)CC2)o1. The Hall–Kier alpha value is -2.07. The molecule has 0 aliphatic carbocycles. The molecular weight excluding hydrogens is 312 g/mol. The minimum Gasteiger partial charge on any atom is -0.455 e. The van der Waals surface area contributed by atoms with Gasteiger partial charge >= 0.3 is 0 Å². The molecule has 1 aliphatic rings. The molecule has 0 radical (unpaired) electrons. The maximum Gasteiger partial charge on any atom is 0.286 e. The highest BCUT2D eigenvalue weighted by molar-refractivity contribution is 5.91. The van der Waals surface area contributed by atoms with Crippen molar-refractivity contribution in [3.8, 4) is 0 Å². The van der Waals surface area contributed by atoms with Gasteiger partial charge in [0.25, 0.3) is 5.91 Å². The van der Waals surface area contributed by atoms with Crippen molar-refractivity contribution in [2.45, 2.75) is 39.2 Å². The van der Waals surface area contributed by atoms with Crippen LogP contribution in [0.15, 0.2) is 46.9 Å². The average molecular weight is 340 g/mol. The van der Waals surface area contributed by atoms with Crippen LogP contribution in [0.2, 0.25) is 0 Å². The molecule has 0 spiro atoms. The average Bonchev–Trinajstić information content (AvgIpc) is 3.11. The highest BCUT2D eigenvalue weighted by Gasteiger charge is 2.21. The maximum absolute atomic E-state index is 11.9. The Balaban J connectivity index is 1.44. The van der Waals surface area contributed by atoms with Crippen molar-refractivity contribution >= 4 is 5.91 Å². The number of benzene rings is 1. The van der Waals surface area contributed by atoms with Crippen molar-refractivity contribution in [3.05, 3.63) is 59.5 Å². The highest BCUT2D eigenvalue weighted by atomic mass is 16.4. The molecule has 0 atom stereocenters. The van der Waals surface area contributed by atoms with E-state index < -0.39 is 0 Å². The summed E-state index contributed by atoms with van der Waals surface area (Å²) in [5.41, 5.74) is 1.44. The standard InChI is InChI=1S/C21H28N2O2/c1-2-12-22-21(24)20-9-8-19(25-20)16-23-13-10-18(11-14-23)15-17-6-4-3-5-7-17/h3-9,18H,2,10-16H2,1H3,(H,22,24). The molecule has 0 bridgehead atoms. The summed E-state index contributed by atoms with van der Waals surface area (Å²) in [6.07, 6.45) is 4.55. The summed E-state index contributed by atoms with van der Waals surface area (Å²) < 4.78 is 5.71. The summed E-state index contributed by atoms with van der Waals surface area (Å²) in [4.78, 5) is 14.3. The van der Waals surface area contributed by atoms with E-state index in [0.29, 0.717) is 12.3 Å². The molecule has 0 unspecified atom stereocenters. The summed E-state index contributed by atoms with van der Waals surface area (Å²) in [7, 11) is 0. The van der Waals surface area contributed by atoms with Crippen LogP contribution in [0.3, 0.4) is 0 Å². The van der Waals surface area contributed by atoms with Gasteiger partial charge in [-0.05, 0) is 62.4 Å². The summed E-state index contributed by atoms with van der Waals surface area (Å²) in [6.45, 7) is 5.70. The number of likely N-dealkylation sites (tertiary alicyclic amines) is 1. The molecule has 1 aliphatic heterocycles. The van der Waals surface area contributed by atoms with Crippen molar-refractivity contribution < 1.29 is 9.21 Å². The summed E-state index contributed by atoms with van der Waals surface area (Å²) >= 11 is 0. The molecule has 1 N–H and O–H groups in total. The van der Waals surface area contributed by atoms with Gasteiger partial charge in [-0.1, -0.05) is 37.3 Å². The zero-order chi connectivity index (χ0) is 17.5. The Morgan fingerprint density at radius 3 is 2.64 bits per heavy atom. The number of carbonyl (C=O) groups is 1. The molecular formula is C21H28N2O2. The lowest BCUT2D eigenvalue weighted by Gasteiger charge is -2.31. The highest BCUT2D eigenvalue weighted by Crippen LogP contribution is 2.23. The van der Waals surface area contributed by atoms with Gasteiger partial charge in [-0.3, -0.25) is 9.69 Å². The molecule has 3 rings (SSSR count). The molecule has 2 heterocycles. The number of nitrogens with zero attached hydrogens (tertiary/aromatic N) is 1. The van der Waals surface area contributed by atoms with Crippen molar-refractivity contribution in [1.29, 1.82) is 0 Å². The minimum atomic E-state index is -0.116. The van der Waals surface area contributed by atoms with Crippen LogP contribution in [0.5, 0.6) is 0 Å². The van der Waals surface area contributed by atoms with E-state index in [0.717, 1.165) is 37.7 Å². The number of hydrogen-bond acceptors (Lipinski definition) is 3. The molecule has 4 nitrogen and oxygen atoms in total. The van der Waals surface area contributed by atoms with Gasteiger partial charge in [-0.15, -0.1) is 0 Å². The lowest BCUT2D eigenvalue weighted by molar-refractivity contribution is 0.0920. The van der Waals surface area contributed by atoms with Crippen LogP contribution in [0.4, 0.5) is 0 Å². The molecule has 1 fully saturated rings. The molecule has 1 saturated heterocycles. The lowest BCUT2D eigenvalue weighted by Crippen LogP contribution is -2.33. The summed E-state index contributed by atoms with van der Waals surface area (Å²) in [5.74, 6) is 1.95. The Bertz CT molecular complexity index is 658. The summed E-state index contributed by atoms with van der Waals surface area (Å²) in [5, 5.41) is 2.85. The minimum absolute atomic E-state index is 0.116. The van der Waals surface area contributed by atoms with Crippen molar-refractivity contribution in [2.24, 2.45) is 5.92 Å². The Morgan fingerprint density at radius 1 is 1.16 bits per heavy atom. The van der Waals surface area contributed by atoms with E-state index in [9.17, 15) is 4.79 Å². The van der Waals surface area contributed by atoms with Gasteiger partial charge in [-0.2, -0.15) is 0 Å². The fourth-order valence-electron chi connectivity index (χ4n) is 3.43. The van der Waals surface area contributed by atoms with Crippen LogP contribution in [0.25, 0.3) is 0 Å². The van der Waals surface area contributed by atoms with Gasteiger partial charge in [0, 0.05) is 6.54 Å². The number of hydrogen-bond donors (Lipinski definition) is 1. The summed E-state index contributed by atoms with van der Waals surface area (Å²) in [6, 6.07) is 14.5. The lowest BCUT2D eigenvalue weighted by atomic mass is 9.90. The van der Waals surface area contributed by atoms with Crippen molar-refractivity contribution in [1.82, 2.24) is 10.2 Å². The number of amides is 1. The van der Waals surface area contributed by atoms with Crippen LogP contribution in [0, 0.1) is 5.92 Å². The maximum atomic E-state index is 11.9. The quantitative estimate of drug-likeness (QED) is 0.832. The van der Waals surface area contributed by atoms with Gasteiger partial charge in [-0.25, -0.2) is 0 Å². The molecule has 2 aromatic rings. The van der Waals surface area contributed by atoms with Gasteiger partial charge in [0.1, 0.15) is 5.76 Å². The Kier molecular flexibility index (Phi) is 6.29. The number of carbonyl (C=O) groups excluding carboxylic acids is 1. The van der Waals surface area contributed by atoms with E-state index in [1.54, 1.807) is 6.07 Å². The van der Waals surface area contributed by atoms with Crippen LogP contribution in [0.1, 0.15) is 48.1 Å². The van der Waals surface area contributed by atoms with Gasteiger partial charge in [0.15, 0.2) is 5.76 Å². The van der Waals surface area contributed by atoms with Gasteiger partial charge < -0.3 is 9.73 Å². The largest absolute Gasteiger partial charge is 0.455 e. The second kappa shape index (κ2) is 8.86. The van der Waals surface area contributed by atoms with E-state index in [4.69, 9.17) is 4.42 Å². The molecule has 25 heavy (non-hydrogen) atoms. The smallest absolute Gasteiger partial charge is 0.286 e. The number of piperidine rings is 1. The number of rotatable bonds is 7. The fraction of sp³-hybridized carbons (Fsp3) is 0.476. The topological polar surface area (TPSA) is 45.5 Å². The number of furan rings is 1. The monoisotopic (exact) mass is 340 g/mol. The first-order valence-corrected chi connectivity index (χ1v) is 9.37. The van der Waals surface area contributed by atoms with E-state index in [1.807, 2.05) is 13.0 Å². The number of nitrogens with one attached hydrogen (secondary N) is 1. The van der Waals surface area contributed by atoms with Gasteiger partial charge in [0.2, 0.25) is 0 Å². The van der Waals surface area contributed by atoms with E-state index in [1.165, 1.54) is 24.8 Å². The zero-order valence-corrected chi connectivity index (χ0v) is 15.0. The fourth-order valence-corrected chi connectivity index (χ4v) is 3.43. The zero-order valence-electron chi connectivity index (χ0n) is 15.0. The third-order valence-corrected chi connectivity index (χ3v) is 4.87. The first-order chi connectivity index (χ1) is 12.2. The van der Waals surface area contributed by atoms with Crippen molar-refractivity contribution in [3.63, 3.8) is 0 Å². The first kappa shape index (κ1) is 17.7. The molecule has 134 valence electrons.